The van der Waals surface area contributed by atoms with Crippen LogP contribution in [0.25, 0.3) is 0 Å². The van der Waals surface area contributed by atoms with E-state index in [2.05, 4.69) is 19.2 Å². The van der Waals surface area contributed by atoms with E-state index >= 15 is 0 Å². The van der Waals surface area contributed by atoms with Crippen LogP contribution in [0.5, 0.6) is 11.5 Å². The van der Waals surface area contributed by atoms with Crippen molar-refractivity contribution in [3.8, 4) is 11.5 Å². The molecule has 0 radical (unpaired) electrons. The number of ether oxygens (including phenoxy) is 3. The largest absolute Gasteiger partial charge is 0.497 e. The van der Waals surface area contributed by atoms with Gasteiger partial charge >= 0.3 is 5.97 Å². The Hall–Kier alpha value is -3.02. The second-order valence-electron chi connectivity index (χ2n) is 6.00. The van der Waals surface area contributed by atoms with Gasteiger partial charge in [0.25, 0.3) is 5.91 Å². The van der Waals surface area contributed by atoms with Crippen molar-refractivity contribution in [3.05, 3.63) is 53.6 Å². The van der Waals surface area contributed by atoms with E-state index in [0.717, 1.165) is 5.56 Å². The molecule has 0 aliphatic rings. The van der Waals surface area contributed by atoms with Crippen LogP contribution in [0.4, 0.5) is 5.69 Å². The monoisotopic (exact) mass is 357 g/mol. The lowest BCUT2D eigenvalue weighted by molar-refractivity contribution is -0.119. The van der Waals surface area contributed by atoms with Crippen LogP contribution in [-0.2, 0) is 9.53 Å². The fourth-order valence-corrected chi connectivity index (χ4v) is 2.30. The Bertz CT molecular complexity index is 746. The van der Waals surface area contributed by atoms with Gasteiger partial charge in [0.05, 0.1) is 19.8 Å². The molecule has 26 heavy (non-hydrogen) atoms. The highest BCUT2D eigenvalue weighted by molar-refractivity contribution is 5.95. The SMILES string of the molecule is COc1cc(NC(=O)COC(=O)c2ccc(C(C)C)cc2)cc(OC)c1. The Morgan fingerprint density at radius 2 is 1.54 bits per heavy atom. The van der Waals surface area contributed by atoms with Gasteiger partial charge in [-0.25, -0.2) is 4.79 Å². The van der Waals surface area contributed by atoms with Gasteiger partial charge in [0.1, 0.15) is 11.5 Å². The quantitative estimate of drug-likeness (QED) is 0.766. The highest BCUT2D eigenvalue weighted by Crippen LogP contribution is 2.25. The predicted molar refractivity (Wildman–Crippen MR) is 99.0 cm³/mol. The van der Waals surface area contributed by atoms with Crippen LogP contribution in [-0.4, -0.2) is 32.7 Å². The van der Waals surface area contributed by atoms with E-state index in [9.17, 15) is 9.59 Å². The fourth-order valence-electron chi connectivity index (χ4n) is 2.30. The summed E-state index contributed by atoms with van der Waals surface area (Å²) >= 11 is 0. The van der Waals surface area contributed by atoms with Crippen LogP contribution in [0.3, 0.4) is 0 Å². The number of hydrogen-bond donors (Lipinski definition) is 1. The number of carbonyl (C=O) groups excluding carboxylic acids is 2. The minimum atomic E-state index is -0.543. The van der Waals surface area contributed by atoms with Crippen molar-refractivity contribution in [1.82, 2.24) is 0 Å². The van der Waals surface area contributed by atoms with Crippen molar-refractivity contribution in [2.24, 2.45) is 0 Å². The molecule has 0 atom stereocenters. The molecule has 0 fully saturated rings. The van der Waals surface area contributed by atoms with Crippen molar-refractivity contribution in [3.63, 3.8) is 0 Å². The van der Waals surface area contributed by atoms with E-state index in [1.165, 1.54) is 14.2 Å². The van der Waals surface area contributed by atoms with Crippen molar-refractivity contribution in [2.45, 2.75) is 19.8 Å². The first-order valence-corrected chi connectivity index (χ1v) is 8.23. The summed E-state index contributed by atoms with van der Waals surface area (Å²) in [6.07, 6.45) is 0. The molecular weight excluding hydrogens is 334 g/mol. The van der Waals surface area contributed by atoms with Gasteiger partial charge in [0.2, 0.25) is 0 Å². The first-order chi connectivity index (χ1) is 12.4. The zero-order chi connectivity index (χ0) is 19.1. The zero-order valence-corrected chi connectivity index (χ0v) is 15.4. The third-order valence-electron chi connectivity index (χ3n) is 3.78. The van der Waals surface area contributed by atoms with Crippen LogP contribution < -0.4 is 14.8 Å². The van der Waals surface area contributed by atoms with Gasteiger partial charge in [0.15, 0.2) is 6.61 Å². The van der Waals surface area contributed by atoms with Gasteiger partial charge in [-0.1, -0.05) is 26.0 Å². The van der Waals surface area contributed by atoms with Crippen molar-refractivity contribution in [2.75, 3.05) is 26.1 Å². The highest BCUT2D eigenvalue weighted by atomic mass is 16.5. The van der Waals surface area contributed by atoms with Crippen LogP contribution >= 0.6 is 0 Å². The Morgan fingerprint density at radius 3 is 2.04 bits per heavy atom. The summed E-state index contributed by atoms with van der Waals surface area (Å²) in [6, 6.07) is 12.1. The second kappa shape index (κ2) is 8.89. The lowest BCUT2D eigenvalue weighted by Crippen LogP contribution is -2.21. The molecule has 0 aliphatic carbocycles. The Kier molecular flexibility index (Phi) is 6.60. The molecule has 0 aliphatic heterocycles. The number of esters is 1. The molecule has 138 valence electrons. The number of nitrogens with one attached hydrogen (secondary N) is 1. The summed E-state index contributed by atoms with van der Waals surface area (Å²) in [7, 11) is 3.04. The summed E-state index contributed by atoms with van der Waals surface area (Å²) in [6.45, 7) is 3.76. The zero-order valence-electron chi connectivity index (χ0n) is 15.4. The number of carbonyl (C=O) groups is 2. The van der Waals surface area contributed by atoms with Crippen molar-refractivity contribution < 1.29 is 23.8 Å². The third kappa shape index (κ3) is 5.24. The van der Waals surface area contributed by atoms with E-state index in [1.807, 2.05) is 12.1 Å². The molecule has 0 saturated carbocycles. The van der Waals surface area contributed by atoms with Gasteiger partial charge in [-0.3, -0.25) is 4.79 Å². The first kappa shape index (κ1) is 19.3. The normalized spacial score (nSPS) is 10.3. The highest BCUT2D eigenvalue weighted by Gasteiger charge is 2.12. The van der Waals surface area contributed by atoms with E-state index < -0.39 is 11.9 Å². The molecule has 1 N–H and O–H groups in total. The maximum atomic E-state index is 12.0. The first-order valence-electron chi connectivity index (χ1n) is 8.23. The van der Waals surface area contributed by atoms with E-state index in [-0.39, 0.29) is 6.61 Å². The van der Waals surface area contributed by atoms with Gasteiger partial charge in [-0.05, 0) is 23.6 Å². The number of methoxy groups -OCH3 is 2. The topological polar surface area (TPSA) is 73.9 Å². The molecule has 0 unspecified atom stereocenters. The summed E-state index contributed by atoms with van der Waals surface area (Å²) in [5.41, 5.74) is 2.03. The van der Waals surface area contributed by atoms with E-state index in [0.29, 0.717) is 28.7 Å². The minimum Gasteiger partial charge on any atom is -0.497 e. The summed E-state index contributed by atoms with van der Waals surface area (Å²) in [5.74, 6) is 0.473. The van der Waals surface area contributed by atoms with E-state index in [1.54, 1.807) is 30.3 Å². The molecule has 0 saturated heterocycles. The van der Waals surface area contributed by atoms with E-state index in [4.69, 9.17) is 14.2 Å². The van der Waals surface area contributed by atoms with Crippen molar-refractivity contribution in [1.29, 1.82) is 0 Å². The maximum absolute atomic E-state index is 12.0. The summed E-state index contributed by atoms with van der Waals surface area (Å²) in [4.78, 5) is 24.1. The molecule has 6 nitrogen and oxygen atoms in total. The minimum absolute atomic E-state index is 0.380. The number of hydrogen-bond acceptors (Lipinski definition) is 5. The van der Waals surface area contributed by atoms with Crippen LogP contribution in [0.15, 0.2) is 42.5 Å². The smallest absolute Gasteiger partial charge is 0.338 e. The molecule has 0 spiro atoms. The average Bonchev–Trinajstić information content (AvgIpc) is 2.65. The molecule has 0 heterocycles. The average molecular weight is 357 g/mol. The molecule has 0 bridgehead atoms. The van der Waals surface area contributed by atoms with Crippen LogP contribution in [0, 0.1) is 0 Å². The third-order valence-corrected chi connectivity index (χ3v) is 3.78. The molecule has 2 aromatic carbocycles. The maximum Gasteiger partial charge on any atom is 0.338 e. The molecule has 6 heteroatoms. The predicted octanol–water partition coefficient (Wildman–Crippen LogP) is 3.62. The standard InChI is InChI=1S/C20H23NO5/c1-13(2)14-5-7-15(8-6-14)20(23)26-12-19(22)21-16-9-17(24-3)11-18(10-16)25-4/h5-11,13H,12H2,1-4H3,(H,21,22). The van der Waals surface area contributed by atoms with Gasteiger partial charge in [-0.15, -0.1) is 0 Å². The summed E-state index contributed by atoms with van der Waals surface area (Å²) < 4.78 is 15.4. The molecular formula is C20H23NO5. The Labute approximate surface area is 153 Å². The Balaban J connectivity index is 1.93. The molecule has 2 rings (SSSR count). The number of benzene rings is 2. The van der Waals surface area contributed by atoms with Crippen molar-refractivity contribution >= 4 is 17.6 Å². The van der Waals surface area contributed by atoms with Crippen LogP contribution in [0.1, 0.15) is 35.7 Å². The van der Waals surface area contributed by atoms with Gasteiger partial charge < -0.3 is 19.5 Å². The summed E-state index contributed by atoms with van der Waals surface area (Å²) in [5, 5.41) is 2.65. The molecule has 0 aromatic heterocycles. The fraction of sp³-hybridized carbons (Fsp3) is 0.300. The Morgan fingerprint density at radius 1 is 0.962 bits per heavy atom. The lowest BCUT2D eigenvalue weighted by Gasteiger charge is -2.10. The second-order valence-corrected chi connectivity index (χ2v) is 6.00. The molecule has 2 aromatic rings. The van der Waals surface area contributed by atoms with Crippen LogP contribution in [0.2, 0.25) is 0 Å². The lowest BCUT2D eigenvalue weighted by atomic mass is 10.0. The van der Waals surface area contributed by atoms with Gasteiger partial charge in [-0.2, -0.15) is 0 Å². The number of amides is 1. The number of rotatable bonds is 7. The molecule has 1 amide bonds. The number of anilines is 1. The van der Waals surface area contributed by atoms with Gasteiger partial charge in [0, 0.05) is 23.9 Å².